The lowest BCUT2D eigenvalue weighted by molar-refractivity contribution is -0.120. The summed E-state index contributed by atoms with van der Waals surface area (Å²) >= 11 is 0. The molecular weight excluding hydrogens is 360 g/mol. The lowest BCUT2D eigenvalue weighted by atomic mass is 9.97. The summed E-state index contributed by atoms with van der Waals surface area (Å²) in [7, 11) is -3.29. The molecule has 0 bridgehead atoms. The van der Waals surface area contributed by atoms with Crippen molar-refractivity contribution in [2.75, 3.05) is 24.2 Å². The van der Waals surface area contributed by atoms with E-state index in [2.05, 4.69) is 5.32 Å². The first-order valence-corrected chi connectivity index (χ1v) is 10.9. The number of piperidine rings is 1. The molecule has 1 amide bonds. The number of nitrogens with zero attached hydrogens (tertiary/aromatic N) is 1. The number of carbonyl (C=O) groups is 1. The zero-order valence-electron chi connectivity index (χ0n) is 15.6. The number of benzene rings is 2. The van der Waals surface area contributed by atoms with Crippen molar-refractivity contribution in [3.63, 3.8) is 0 Å². The summed E-state index contributed by atoms with van der Waals surface area (Å²) in [6.07, 6.45) is 1.63. The first-order valence-electron chi connectivity index (χ1n) is 9.34. The van der Waals surface area contributed by atoms with E-state index >= 15 is 0 Å². The van der Waals surface area contributed by atoms with Crippen LogP contribution in [0.15, 0.2) is 54.6 Å². The van der Waals surface area contributed by atoms with Crippen LogP contribution in [0.4, 0.5) is 5.69 Å². The third-order valence-electron chi connectivity index (χ3n) is 5.11. The summed E-state index contributed by atoms with van der Waals surface area (Å²) in [5, 5.41) is 2.97. The van der Waals surface area contributed by atoms with E-state index in [1.54, 1.807) is 0 Å². The minimum absolute atomic E-state index is 0.0226. The van der Waals surface area contributed by atoms with Gasteiger partial charge in [-0.2, -0.15) is 0 Å². The standard InChI is InChI=1S/C21H26N2O3S/c1-17-7-5-6-10-20(17)22-21(24)19-11-14-23(15-12-19)27(25,26)16-13-18-8-3-2-4-9-18/h2-10,19H,11-16H2,1H3,(H,22,24). The highest BCUT2D eigenvalue weighted by Crippen LogP contribution is 2.23. The molecule has 0 aromatic heterocycles. The van der Waals surface area contributed by atoms with Gasteiger partial charge in [-0.05, 0) is 43.4 Å². The van der Waals surface area contributed by atoms with E-state index in [-0.39, 0.29) is 17.6 Å². The summed E-state index contributed by atoms with van der Waals surface area (Å²) in [4.78, 5) is 12.5. The van der Waals surface area contributed by atoms with Crippen LogP contribution < -0.4 is 5.32 Å². The van der Waals surface area contributed by atoms with Crippen LogP contribution in [0.1, 0.15) is 24.0 Å². The number of nitrogens with one attached hydrogen (secondary N) is 1. The van der Waals surface area contributed by atoms with E-state index < -0.39 is 10.0 Å². The van der Waals surface area contributed by atoms with Crippen LogP contribution in [0.2, 0.25) is 0 Å². The van der Waals surface area contributed by atoms with Crippen molar-refractivity contribution in [1.29, 1.82) is 0 Å². The van der Waals surface area contributed by atoms with Gasteiger partial charge in [0.1, 0.15) is 0 Å². The molecule has 1 fully saturated rings. The Morgan fingerprint density at radius 1 is 1.04 bits per heavy atom. The molecule has 2 aromatic carbocycles. The van der Waals surface area contributed by atoms with Crippen LogP contribution in [-0.2, 0) is 21.2 Å². The smallest absolute Gasteiger partial charge is 0.227 e. The molecule has 0 spiro atoms. The first kappa shape index (κ1) is 19.6. The normalized spacial score (nSPS) is 16.2. The van der Waals surface area contributed by atoms with Crippen LogP contribution in [0.3, 0.4) is 0 Å². The molecule has 5 nitrogen and oxygen atoms in total. The lowest BCUT2D eigenvalue weighted by Gasteiger charge is -2.30. The molecule has 0 atom stereocenters. The van der Waals surface area contributed by atoms with Crippen LogP contribution in [-0.4, -0.2) is 37.5 Å². The maximum atomic E-state index is 12.6. The van der Waals surface area contributed by atoms with Crippen molar-refractivity contribution >= 4 is 21.6 Å². The Morgan fingerprint density at radius 3 is 2.33 bits per heavy atom. The maximum absolute atomic E-state index is 12.6. The maximum Gasteiger partial charge on any atom is 0.227 e. The average molecular weight is 387 g/mol. The molecule has 27 heavy (non-hydrogen) atoms. The second kappa shape index (κ2) is 8.67. The Kier molecular flexibility index (Phi) is 6.29. The molecule has 1 aliphatic rings. The summed E-state index contributed by atoms with van der Waals surface area (Å²) in [5.41, 5.74) is 2.86. The molecular formula is C21H26N2O3S. The summed E-state index contributed by atoms with van der Waals surface area (Å²) < 4.78 is 26.7. The van der Waals surface area contributed by atoms with Gasteiger partial charge in [-0.3, -0.25) is 4.79 Å². The van der Waals surface area contributed by atoms with Crippen LogP contribution in [0.25, 0.3) is 0 Å². The zero-order valence-corrected chi connectivity index (χ0v) is 16.4. The molecule has 1 saturated heterocycles. The lowest BCUT2D eigenvalue weighted by Crippen LogP contribution is -2.42. The number of aryl methyl sites for hydroxylation is 2. The Bertz CT molecular complexity index is 873. The highest BCUT2D eigenvalue weighted by Gasteiger charge is 2.31. The molecule has 144 valence electrons. The van der Waals surface area contributed by atoms with Gasteiger partial charge in [-0.1, -0.05) is 48.5 Å². The predicted molar refractivity (Wildman–Crippen MR) is 108 cm³/mol. The fourth-order valence-corrected chi connectivity index (χ4v) is 4.88. The van der Waals surface area contributed by atoms with E-state index in [1.165, 1.54) is 4.31 Å². The summed E-state index contributed by atoms with van der Waals surface area (Å²) in [6, 6.07) is 17.3. The van der Waals surface area contributed by atoms with Crippen molar-refractivity contribution in [1.82, 2.24) is 4.31 Å². The minimum Gasteiger partial charge on any atom is -0.326 e. The van der Waals surface area contributed by atoms with Gasteiger partial charge in [0.15, 0.2) is 0 Å². The van der Waals surface area contributed by atoms with Gasteiger partial charge in [0.05, 0.1) is 5.75 Å². The SMILES string of the molecule is Cc1ccccc1NC(=O)C1CCN(S(=O)(=O)CCc2ccccc2)CC1. The molecule has 3 rings (SSSR count). The molecule has 0 aliphatic carbocycles. The molecule has 6 heteroatoms. The quantitative estimate of drug-likeness (QED) is 0.829. The van der Waals surface area contributed by atoms with Gasteiger partial charge in [-0.25, -0.2) is 12.7 Å². The summed E-state index contributed by atoms with van der Waals surface area (Å²) in [5.74, 6) is -0.0623. The van der Waals surface area contributed by atoms with Crippen molar-refractivity contribution < 1.29 is 13.2 Å². The summed E-state index contributed by atoms with van der Waals surface area (Å²) in [6.45, 7) is 2.77. The minimum atomic E-state index is -3.29. The number of hydrogen-bond donors (Lipinski definition) is 1. The van der Waals surface area contributed by atoms with Gasteiger partial charge in [0, 0.05) is 24.7 Å². The topological polar surface area (TPSA) is 66.5 Å². The number of hydrogen-bond acceptors (Lipinski definition) is 3. The predicted octanol–water partition coefficient (Wildman–Crippen LogP) is 3.22. The fourth-order valence-electron chi connectivity index (χ4n) is 3.36. The Labute approximate surface area is 161 Å². The van der Waals surface area contributed by atoms with Gasteiger partial charge < -0.3 is 5.32 Å². The first-order chi connectivity index (χ1) is 13.0. The van der Waals surface area contributed by atoms with Crippen molar-refractivity contribution in [3.8, 4) is 0 Å². The number of para-hydroxylation sites is 1. The molecule has 0 saturated carbocycles. The fraction of sp³-hybridized carbons (Fsp3) is 0.381. The molecule has 2 aromatic rings. The van der Waals surface area contributed by atoms with Crippen LogP contribution in [0, 0.1) is 12.8 Å². The number of anilines is 1. The second-order valence-corrected chi connectivity index (χ2v) is 9.12. The Hall–Kier alpha value is -2.18. The number of carbonyl (C=O) groups excluding carboxylic acids is 1. The van der Waals surface area contributed by atoms with Gasteiger partial charge in [0.25, 0.3) is 0 Å². The molecule has 1 N–H and O–H groups in total. The molecule has 1 aliphatic heterocycles. The Morgan fingerprint density at radius 2 is 1.67 bits per heavy atom. The average Bonchev–Trinajstić information content (AvgIpc) is 2.69. The monoisotopic (exact) mass is 386 g/mol. The number of sulfonamides is 1. The molecule has 0 radical (unpaired) electrons. The van der Waals surface area contributed by atoms with E-state index in [9.17, 15) is 13.2 Å². The second-order valence-electron chi connectivity index (χ2n) is 7.03. The van der Waals surface area contributed by atoms with E-state index in [4.69, 9.17) is 0 Å². The highest BCUT2D eigenvalue weighted by atomic mass is 32.2. The van der Waals surface area contributed by atoms with E-state index in [0.717, 1.165) is 16.8 Å². The third-order valence-corrected chi connectivity index (χ3v) is 6.98. The van der Waals surface area contributed by atoms with E-state index in [0.29, 0.717) is 32.4 Å². The van der Waals surface area contributed by atoms with Gasteiger partial charge >= 0.3 is 0 Å². The highest BCUT2D eigenvalue weighted by molar-refractivity contribution is 7.89. The van der Waals surface area contributed by atoms with Crippen LogP contribution in [0.5, 0.6) is 0 Å². The van der Waals surface area contributed by atoms with Crippen molar-refractivity contribution in [2.24, 2.45) is 5.92 Å². The Balaban J connectivity index is 1.51. The molecule has 0 unspecified atom stereocenters. The van der Waals surface area contributed by atoms with Crippen molar-refractivity contribution in [2.45, 2.75) is 26.2 Å². The van der Waals surface area contributed by atoms with E-state index in [1.807, 2.05) is 61.5 Å². The largest absolute Gasteiger partial charge is 0.326 e. The zero-order chi connectivity index (χ0) is 19.3. The van der Waals surface area contributed by atoms with Gasteiger partial charge in [-0.15, -0.1) is 0 Å². The van der Waals surface area contributed by atoms with Gasteiger partial charge in [0.2, 0.25) is 15.9 Å². The van der Waals surface area contributed by atoms with Crippen molar-refractivity contribution in [3.05, 3.63) is 65.7 Å². The number of amides is 1. The third kappa shape index (κ3) is 5.17. The number of rotatable bonds is 6. The molecule has 1 heterocycles. The van der Waals surface area contributed by atoms with Crippen LogP contribution >= 0.6 is 0 Å².